The Hall–Kier alpha value is -1.31. The van der Waals surface area contributed by atoms with Crippen LogP contribution in [0, 0.1) is 0 Å². The lowest BCUT2D eigenvalue weighted by atomic mass is 9.95. The third kappa shape index (κ3) is 3.37. The first-order chi connectivity index (χ1) is 7.69. The normalized spacial score (nSPS) is 14.2. The van der Waals surface area contributed by atoms with E-state index in [1.807, 2.05) is 44.2 Å². The second-order valence-corrected chi connectivity index (χ2v) is 4.19. The summed E-state index contributed by atoms with van der Waals surface area (Å²) in [6, 6.07) is 10.2. The number of amides is 1. The summed E-state index contributed by atoms with van der Waals surface area (Å²) in [6.07, 6.45) is 1.81. The summed E-state index contributed by atoms with van der Waals surface area (Å²) >= 11 is 0. The number of rotatable bonds is 5. The topological polar surface area (TPSA) is 29.1 Å². The van der Waals surface area contributed by atoms with Crippen molar-refractivity contribution in [3.05, 3.63) is 35.9 Å². The van der Waals surface area contributed by atoms with Crippen molar-refractivity contribution in [1.82, 2.24) is 5.32 Å². The molecular formula is C14H21NO. The van der Waals surface area contributed by atoms with Gasteiger partial charge in [0.25, 0.3) is 0 Å². The Morgan fingerprint density at radius 3 is 2.31 bits per heavy atom. The van der Waals surface area contributed by atoms with Crippen molar-refractivity contribution in [3.8, 4) is 0 Å². The molecule has 1 N–H and O–H groups in total. The van der Waals surface area contributed by atoms with Gasteiger partial charge >= 0.3 is 0 Å². The number of carbonyl (C=O) groups excluding carboxylic acids is 1. The van der Waals surface area contributed by atoms with Crippen molar-refractivity contribution in [3.63, 3.8) is 0 Å². The van der Waals surface area contributed by atoms with E-state index in [0.717, 1.165) is 18.4 Å². The fourth-order valence-corrected chi connectivity index (χ4v) is 1.70. The van der Waals surface area contributed by atoms with Crippen LogP contribution in [0.1, 0.15) is 45.1 Å². The summed E-state index contributed by atoms with van der Waals surface area (Å²) in [5, 5.41) is 3.04. The Morgan fingerprint density at radius 2 is 1.81 bits per heavy atom. The lowest BCUT2D eigenvalue weighted by molar-refractivity contribution is -0.123. The summed E-state index contributed by atoms with van der Waals surface area (Å²) in [6.45, 7) is 6.16. The molecule has 16 heavy (non-hydrogen) atoms. The Bertz CT molecular complexity index is 321. The van der Waals surface area contributed by atoms with Gasteiger partial charge in [-0.2, -0.15) is 0 Å². The molecule has 2 nitrogen and oxygen atoms in total. The van der Waals surface area contributed by atoms with Crippen LogP contribution in [0.4, 0.5) is 0 Å². The van der Waals surface area contributed by atoms with Gasteiger partial charge in [0, 0.05) is 6.04 Å². The molecule has 0 aliphatic rings. The van der Waals surface area contributed by atoms with Gasteiger partial charge in [0.2, 0.25) is 5.91 Å². The molecule has 2 heteroatoms. The van der Waals surface area contributed by atoms with Gasteiger partial charge in [0.1, 0.15) is 0 Å². The smallest absolute Gasteiger partial charge is 0.227 e. The van der Waals surface area contributed by atoms with Crippen molar-refractivity contribution in [2.75, 3.05) is 0 Å². The molecule has 88 valence electrons. The number of hydrogen-bond donors (Lipinski definition) is 1. The predicted octanol–water partition coefficient (Wildman–Crippen LogP) is 3.09. The molecule has 0 bridgehead atoms. The molecule has 0 aromatic heterocycles. The van der Waals surface area contributed by atoms with Crippen molar-refractivity contribution in [2.24, 2.45) is 0 Å². The first kappa shape index (κ1) is 12.8. The molecule has 0 aliphatic carbocycles. The maximum atomic E-state index is 12.0. The zero-order valence-corrected chi connectivity index (χ0v) is 10.4. The zero-order chi connectivity index (χ0) is 12.0. The van der Waals surface area contributed by atoms with Crippen LogP contribution in [0.15, 0.2) is 30.3 Å². The van der Waals surface area contributed by atoms with Gasteiger partial charge in [-0.3, -0.25) is 4.79 Å². The highest BCUT2D eigenvalue weighted by atomic mass is 16.1. The van der Waals surface area contributed by atoms with E-state index in [0.29, 0.717) is 0 Å². The van der Waals surface area contributed by atoms with E-state index >= 15 is 0 Å². The minimum atomic E-state index is -0.0183. The van der Waals surface area contributed by atoms with Gasteiger partial charge in [-0.1, -0.05) is 44.2 Å². The van der Waals surface area contributed by atoms with E-state index in [2.05, 4.69) is 12.2 Å². The molecule has 1 rings (SSSR count). The maximum Gasteiger partial charge on any atom is 0.227 e. The summed E-state index contributed by atoms with van der Waals surface area (Å²) in [7, 11) is 0. The van der Waals surface area contributed by atoms with Crippen molar-refractivity contribution in [2.45, 2.75) is 45.6 Å². The molecule has 0 fully saturated rings. The van der Waals surface area contributed by atoms with Gasteiger partial charge in [-0.05, 0) is 25.3 Å². The molecule has 0 saturated carbocycles. The molecule has 0 radical (unpaired) electrons. The van der Waals surface area contributed by atoms with Crippen molar-refractivity contribution in [1.29, 1.82) is 0 Å². The molecule has 1 amide bonds. The Kier molecular flexibility index (Phi) is 5.03. The Labute approximate surface area is 98.1 Å². The summed E-state index contributed by atoms with van der Waals surface area (Å²) in [4.78, 5) is 12.0. The second kappa shape index (κ2) is 6.31. The highest BCUT2D eigenvalue weighted by molar-refractivity contribution is 5.83. The van der Waals surface area contributed by atoms with Crippen LogP contribution in [0.3, 0.4) is 0 Å². The number of hydrogen-bond acceptors (Lipinski definition) is 1. The van der Waals surface area contributed by atoms with Gasteiger partial charge in [-0.15, -0.1) is 0 Å². The third-order valence-electron chi connectivity index (χ3n) is 2.93. The van der Waals surface area contributed by atoms with Crippen LogP contribution in [0.25, 0.3) is 0 Å². The van der Waals surface area contributed by atoms with Crippen LogP contribution >= 0.6 is 0 Å². The largest absolute Gasteiger partial charge is 0.353 e. The summed E-state index contributed by atoms with van der Waals surface area (Å²) < 4.78 is 0. The number of benzene rings is 1. The van der Waals surface area contributed by atoms with Crippen molar-refractivity contribution >= 4 is 5.91 Å². The van der Waals surface area contributed by atoms with Gasteiger partial charge in [-0.25, -0.2) is 0 Å². The first-order valence-corrected chi connectivity index (χ1v) is 6.04. The quantitative estimate of drug-likeness (QED) is 0.810. The summed E-state index contributed by atoms with van der Waals surface area (Å²) in [5.74, 6) is 0.123. The highest BCUT2D eigenvalue weighted by Gasteiger charge is 2.19. The fourth-order valence-electron chi connectivity index (χ4n) is 1.70. The Balaban J connectivity index is 2.71. The van der Waals surface area contributed by atoms with E-state index < -0.39 is 0 Å². The van der Waals surface area contributed by atoms with Crippen molar-refractivity contribution < 1.29 is 4.79 Å². The maximum absolute atomic E-state index is 12.0. The third-order valence-corrected chi connectivity index (χ3v) is 2.93. The molecule has 0 heterocycles. The van der Waals surface area contributed by atoms with Gasteiger partial charge in [0.15, 0.2) is 0 Å². The standard InChI is InChI=1S/C14H21NO/c1-4-11(3)15-14(16)13(5-2)12-9-7-6-8-10-12/h6-11,13H,4-5H2,1-3H3,(H,15,16)/t11-,13+/m1/s1. The monoisotopic (exact) mass is 219 g/mol. The van der Waals surface area contributed by atoms with E-state index in [-0.39, 0.29) is 17.9 Å². The summed E-state index contributed by atoms with van der Waals surface area (Å²) in [5.41, 5.74) is 1.10. The predicted molar refractivity (Wildman–Crippen MR) is 67.4 cm³/mol. The molecule has 0 spiro atoms. The number of nitrogens with one attached hydrogen (secondary N) is 1. The average molecular weight is 219 g/mol. The van der Waals surface area contributed by atoms with E-state index in [9.17, 15) is 4.79 Å². The molecule has 2 atom stereocenters. The lowest BCUT2D eigenvalue weighted by Crippen LogP contribution is -2.35. The molecule has 1 aromatic rings. The fraction of sp³-hybridized carbons (Fsp3) is 0.500. The zero-order valence-electron chi connectivity index (χ0n) is 10.4. The van der Waals surface area contributed by atoms with Crippen LogP contribution in [-0.4, -0.2) is 11.9 Å². The average Bonchev–Trinajstić information content (AvgIpc) is 2.31. The van der Waals surface area contributed by atoms with Crippen LogP contribution in [-0.2, 0) is 4.79 Å². The van der Waals surface area contributed by atoms with Crippen LogP contribution < -0.4 is 5.32 Å². The van der Waals surface area contributed by atoms with Gasteiger partial charge < -0.3 is 5.32 Å². The molecular weight excluding hydrogens is 198 g/mol. The van der Waals surface area contributed by atoms with E-state index in [1.54, 1.807) is 0 Å². The molecule has 0 saturated heterocycles. The molecule has 0 unspecified atom stereocenters. The van der Waals surface area contributed by atoms with E-state index in [1.165, 1.54) is 0 Å². The lowest BCUT2D eigenvalue weighted by Gasteiger charge is -2.18. The minimum Gasteiger partial charge on any atom is -0.353 e. The van der Waals surface area contributed by atoms with E-state index in [4.69, 9.17) is 0 Å². The minimum absolute atomic E-state index is 0.0183. The SMILES string of the molecule is CC[C@@H](C)NC(=O)[C@@H](CC)c1ccccc1. The molecule has 0 aliphatic heterocycles. The number of carbonyl (C=O) groups is 1. The van der Waals surface area contributed by atoms with Gasteiger partial charge in [0.05, 0.1) is 5.92 Å². The Morgan fingerprint density at radius 1 is 1.19 bits per heavy atom. The highest BCUT2D eigenvalue weighted by Crippen LogP contribution is 2.19. The first-order valence-electron chi connectivity index (χ1n) is 6.04. The second-order valence-electron chi connectivity index (χ2n) is 4.19. The molecule has 1 aromatic carbocycles. The van der Waals surface area contributed by atoms with Crippen LogP contribution in [0.2, 0.25) is 0 Å². The van der Waals surface area contributed by atoms with Crippen LogP contribution in [0.5, 0.6) is 0 Å².